The van der Waals surface area contributed by atoms with E-state index in [1.165, 1.54) is 24.1 Å². The molecule has 1 atom stereocenters. The fourth-order valence-corrected chi connectivity index (χ4v) is 4.92. The lowest BCUT2D eigenvalue weighted by Crippen LogP contribution is -2.44. The summed E-state index contributed by atoms with van der Waals surface area (Å²) in [6.45, 7) is 0.364. The zero-order chi connectivity index (χ0) is 28.5. The summed E-state index contributed by atoms with van der Waals surface area (Å²) in [5, 5.41) is 2.58. The van der Waals surface area contributed by atoms with E-state index in [1.54, 1.807) is 12.1 Å². The van der Waals surface area contributed by atoms with E-state index in [1.807, 2.05) is 60.7 Å². The van der Waals surface area contributed by atoms with Crippen LogP contribution < -0.4 is 11.1 Å². The van der Waals surface area contributed by atoms with E-state index in [9.17, 15) is 18.8 Å². The third kappa shape index (κ3) is 6.36. The number of benzene rings is 3. The number of halogens is 1. The molecule has 0 aliphatic carbocycles. The van der Waals surface area contributed by atoms with Crippen molar-refractivity contribution in [3.63, 3.8) is 0 Å². The lowest BCUT2D eigenvalue weighted by atomic mass is 9.83. The van der Waals surface area contributed by atoms with E-state index >= 15 is 0 Å². The first-order chi connectivity index (χ1) is 19.3. The predicted molar refractivity (Wildman–Crippen MR) is 150 cm³/mol. The first kappa shape index (κ1) is 28.5. The highest BCUT2D eigenvalue weighted by molar-refractivity contribution is 6.09. The monoisotopic (exact) mass is 544 g/mol. The molecular weight excluding hydrogens is 511 g/mol. The number of Topliss-reactive ketones (excluding diaryl/α,β-unsaturated/α-hetero) is 1. The van der Waals surface area contributed by atoms with Crippen LogP contribution in [0.5, 0.6) is 0 Å². The Labute approximate surface area is 233 Å². The standard InChI is InChI=1S/C31H33FN4O4/c1-40-30(39)34-26(21-22-16-18-25(32)19-17-22)27(37)15-9-4-10-20-36-28(38)31(35-29(36)33,23-11-5-2-6-12-23)24-13-7-3-8-14-24/h2-3,5-8,11-14,16-19,26H,4,9-10,15,20-21H2,1H3,(H2,33,35)(H,34,39)/t26-/m0/s1. The molecule has 3 N–H and O–H groups in total. The molecule has 3 aromatic rings. The number of amides is 2. The summed E-state index contributed by atoms with van der Waals surface area (Å²) in [6, 6.07) is 23.8. The Morgan fingerprint density at radius 1 is 0.950 bits per heavy atom. The Kier molecular flexibility index (Phi) is 9.27. The minimum Gasteiger partial charge on any atom is -0.453 e. The molecule has 0 bridgehead atoms. The Bertz CT molecular complexity index is 1310. The van der Waals surface area contributed by atoms with Gasteiger partial charge in [-0.1, -0.05) is 79.2 Å². The first-order valence-electron chi connectivity index (χ1n) is 13.2. The van der Waals surface area contributed by atoms with Gasteiger partial charge >= 0.3 is 6.09 Å². The number of rotatable bonds is 12. The average Bonchev–Trinajstić information content (AvgIpc) is 3.24. The van der Waals surface area contributed by atoms with Crippen molar-refractivity contribution in [1.29, 1.82) is 0 Å². The molecule has 9 heteroatoms. The lowest BCUT2D eigenvalue weighted by molar-refractivity contribution is -0.130. The summed E-state index contributed by atoms with van der Waals surface area (Å²) in [4.78, 5) is 44.8. The number of ketones is 1. The molecule has 3 aromatic carbocycles. The zero-order valence-electron chi connectivity index (χ0n) is 22.4. The normalized spacial score (nSPS) is 14.9. The maximum absolute atomic E-state index is 13.8. The van der Waals surface area contributed by atoms with Crippen molar-refractivity contribution in [1.82, 2.24) is 10.2 Å². The number of nitrogens with one attached hydrogen (secondary N) is 1. The number of alkyl carbamates (subject to hydrolysis) is 1. The molecule has 0 aromatic heterocycles. The smallest absolute Gasteiger partial charge is 0.407 e. The van der Waals surface area contributed by atoms with E-state index in [-0.39, 0.29) is 36.3 Å². The van der Waals surface area contributed by atoms with Crippen molar-refractivity contribution in [2.75, 3.05) is 13.7 Å². The van der Waals surface area contributed by atoms with E-state index in [4.69, 9.17) is 10.7 Å². The van der Waals surface area contributed by atoms with Gasteiger partial charge in [-0.15, -0.1) is 0 Å². The minimum absolute atomic E-state index is 0.153. The van der Waals surface area contributed by atoms with Crippen LogP contribution in [0.4, 0.5) is 9.18 Å². The van der Waals surface area contributed by atoms with E-state index in [0.29, 0.717) is 25.8 Å². The van der Waals surface area contributed by atoms with Gasteiger partial charge in [0.15, 0.2) is 17.3 Å². The number of ether oxygens (including phenoxy) is 1. The maximum Gasteiger partial charge on any atom is 0.407 e. The van der Waals surface area contributed by atoms with Crippen LogP contribution in [0.15, 0.2) is 89.9 Å². The van der Waals surface area contributed by atoms with Crippen molar-refractivity contribution in [2.24, 2.45) is 10.7 Å². The molecule has 0 saturated heterocycles. The van der Waals surface area contributed by atoms with Crippen molar-refractivity contribution in [3.05, 3.63) is 107 Å². The second-order valence-corrected chi connectivity index (χ2v) is 9.67. The summed E-state index contributed by atoms with van der Waals surface area (Å²) in [5.74, 6) is -0.574. The number of hydrogen-bond donors (Lipinski definition) is 2. The highest BCUT2D eigenvalue weighted by Crippen LogP contribution is 2.39. The highest BCUT2D eigenvalue weighted by atomic mass is 19.1. The number of hydrogen-bond acceptors (Lipinski definition) is 6. The fraction of sp³-hybridized carbons (Fsp3) is 0.290. The highest BCUT2D eigenvalue weighted by Gasteiger charge is 2.50. The summed E-state index contributed by atoms with van der Waals surface area (Å²) in [5.41, 5.74) is 7.26. The Morgan fingerprint density at radius 2 is 1.55 bits per heavy atom. The van der Waals surface area contributed by atoms with Gasteiger partial charge in [-0.2, -0.15) is 0 Å². The molecule has 0 fully saturated rings. The molecule has 1 aliphatic rings. The largest absolute Gasteiger partial charge is 0.453 e. The van der Waals surface area contributed by atoms with Crippen LogP contribution in [0.1, 0.15) is 42.4 Å². The second kappa shape index (κ2) is 13.0. The van der Waals surface area contributed by atoms with E-state index in [0.717, 1.165) is 16.7 Å². The molecule has 0 spiro atoms. The molecule has 40 heavy (non-hydrogen) atoms. The fourth-order valence-electron chi connectivity index (χ4n) is 4.92. The predicted octanol–water partition coefficient (Wildman–Crippen LogP) is 4.32. The molecule has 2 amide bonds. The van der Waals surface area contributed by atoms with Crippen LogP contribution in [0.3, 0.4) is 0 Å². The summed E-state index contributed by atoms with van der Waals surface area (Å²) in [7, 11) is 1.23. The zero-order valence-corrected chi connectivity index (χ0v) is 22.4. The molecule has 8 nitrogen and oxygen atoms in total. The van der Waals surface area contributed by atoms with Crippen LogP contribution in [0.2, 0.25) is 0 Å². The van der Waals surface area contributed by atoms with Crippen LogP contribution in [0.25, 0.3) is 0 Å². The van der Waals surface area contributed by atoms with Gasteiger partial charge in [0.25, 0.3) is 5.91 Å². The molecule has 4 rings (SSSR count). The minimum atomic E-state index is -1.24. The maximum atomic E-state index is 13.8. The van der Waals surface area contributed by atoms with Crippen LogP contribution >= 0.6 is 0 Å². The lowest BCUT2D eigenvalue weighted by Gasteiger charge is -2.27. The number of nitrogens with zero attached hydrogens (tertiary/aromatic N) is 2. The molecule has 0 saturated carbocycles. The Morgan fingerprint density at radius 3 is 2.12 bits per heavy atom. The van der Waals surface area contributed by atoms with E-state index < -0.39 is 17.7 Å². The average molecular weight is 545 g/mol. The van der Waals surface area contributed by atoms with Crippen molar-refractivity contribution in [3.8, 4) is 0 Å². The van der Waals surface area contributed by atoms with Gasteiger partial charge in [0.2, 0.25) is 0 Å². The van der Waals surface area contributed by atoms with Gasteiger partial charge in [-0.3, -0.25) is 14.5 Å². The van der Waals surface area contributed by atoms with Gasteiger partial charge in [-0.25, -0.2) is 14.2 Å². The second-order valence-electron chi connectivity index (χ2n) is 9.67. The number of carbonyl (C=O) groups is 3. The van der Waals surface area contributed by atoms with Crippen molar-refractivity contribution >= 4 is 23.7 Å². The summed E-state index contributed by atoms with van der Waals surface area (Å²) in [6.07, 6.45) is 1.58. The molecule has 208 valence electrons. The van der Waals surface area contributed by atoms with Crippen molar-refractivity contribution < 1.29 is 23.5 Å². The van der Waals surface area contributed by atoms with Gasteiger partial charge in [0, 0.05) is 13.0 Å². The van der Waals surface area contributed by atoms with E-state index in [2.05, 4.69) is 10.1 Å². The molecule has 0 radical (unpaired) electrons. The SMILES string of the molecule is COC(=O)N[C@@H](Cc1ccc(F)cc1)C(=O)CCCCCN1C(=O)C(c2ccccc2)(c2ccccc2)N=C1N. The molecule has 0 unspecified atom stereocenters. The van der Waals surface area contributed by atoms with Crippen molar-refractivity contribution in [2.45, 2.75) is 43.7 Å². The molecule has 1 aliphatic heterocycles. The number of aliphatic imine (C=N–C) groups is 1. The van der Waals surface area contributed by atoms with Crippen LogP contribution in [0, 0.1) is 5.82 Å². The number of unbranched alkanes of at least 4 members (excludes halogenated alkanes) is 2. The number of guanidine groups is 1. The molecule has 1 heterocycles. The van der Waals surface area contributed by atoms with Gasteiger partial charge in [0.1, 0.15) is 5.82 Å². The Balaban J connectivity index is 1.35. The quantitative estimate of drug-likeness (QED) is 0.330. The number of nitrogens with two attached hydrogens (primary N) is 1. The third-order valence-corrected chi connectivity index (χ3v) is 7.02. The third-order valence-electron chi connectivity index (χ3n) is 7.02. The van der Waals surface area contributed by atoms with Crippen LogP contribution in [-0.4, -0.2) is 48.3 Å². The summed E-state index contributed by atoms with van der Waals surface area (Å²) < 4.78 is 17.9. The summed E-state index contributed by atoms with van der Waals surface area (Å²) >= 11 is 0. The van der Waals surface area contributed by atoms with Gasteiger partial charge in [-0.05, 0) is 48.1 Å². The van der Waals surface area contributed by atoms with Crippen LogP contribution in [-0.2, 0) is 26.3 Å². The van der Waals surface area contributed by atoms with Gasteiger partial charge < -0.3 is 15.8 Å². The number of methoxy groups -OCH3 is 1. The first-order valence-corrected chi connectivity index (χ1v) is 13.2. The Hall–Kier alpha value is -4.53. The van der Waals surface area contributed by atoms with Gasteiger partial charge in [0.05, 0.1) is 13.2 Å². The molecular formula is C31H33FN4O4. The topological polar surface area (TPSA) is 114 Å². The number of carbonyl (C=O) groups excluding carboxylic acids is 3.